The lowest BCUT2D eigenvalue weighted by Gasteiger charge is -2.09. The molecule has 0 atom stereocenters. The maximum Gasteiger partial charge on any atom is 0.147 e. The van der Waals surface area contributed by atoms with Crippen molar-refractivity contribution in [2.45, 2.75) is 6.54 Å². The van der Waals surface area contributed by atoms with Crippen LogP contribution >= 0.6 is 11.6 Å². The number of pyridine rings is 1. The molecule has 3 nitrogen and oxygen atoms in total. The molecule has 0 aliphatic carbocycles. The third kappa shape index (κ3) is 2.93. The van der Waals surface area contributed by atoms with Gasteiger partial charge in [-0.1, -0.05) is 11.6 Å². The molecule has 0 radical (unpaired) electrons. The van der Waals surface area contributed by atoms with Crippen molar-refractivity contribution >= 4 is 11.6 Å². The molecule has 0 bridgehead atoms. The average molecular weight is 253 g/mol. The van der Waals surface area contributed by atoms with Gasteiger partial charge in [0.1, 0.15) is 17.3 Å². The molecule has 1 aromatic heterocycles. The van der Waals surface area contributed by atoms with Gasteiger partial charge in [-0.15, -0.1) is 0 Å². The molecule has 2 rings (SSSR count). The van der Waals surface area contributed by atoms with Crippen LogP contribution in [0.2, 0.25) is 5.02 Å². The Bertz CT molecular complexity index is 534. The van der Waals surface area contributed by atoms with E-state index in [1.165, 1.54) is 30.6 Å². The van der Waals surface area contributed by atoms with Crippen LogP contribution < -0.4 is 10.5 Å². The van der Waals surface area contributed by atoms with Crippen molar-refractivity contribution in [3.63, 3.8) is 0 Å². The van der Waals surface area contributed by atoms with Gasteiger partial charge in [0, 0.05) is 24.4 Å². The molecular weight excluding hydrogens is 243 g/mol. The van der Waals surface area contributed by atoms with Crippen LogP contribution in [0.1, 0.15) is 5.56 Å². The SMILES string of the molecule is NCc1cc(F)ccc1Oc1cncc(Cl)c1. The molecule has 0 spiro atoms. The highest BCUT2D eigenvalue weighted by Gasteiger charge is 2.05. The quantitative estimate of drug-likeness (QED) is 0.913. The van der Waals surface area contributed by atoms with E-state index in [-0.39, 0.29) is 12.4 Å². The predicted octanol–water partition coefficient (Wildman–Crippen LogP) is 3.13. The molecule has 0 aliphatic heterocycles. The summed E-state index contributed by atoms with van der Waals surface area (Å²) in [7, 11) is 0. The van der Waals surface area contributed by atoms with Gasteiger partial charge in [0.05, 0.1) is 11.2 Å². The van der Waals surface area contributed by atoms with Gasteiger partial charge < -0.3 is 10.5 Å². The number of nitrogens with two attached hydrogens (primary N) is 1. The van der Waals surface area contributed by atoms with Crippen molar-refractivity contribution in [1.29, 1.82) is 0 Å². The Kier molecular flexibility index (Phi) is 3.56. The highest BCUT2D eigenvalue weighted by molar-refractivity contribution is 6.30. The molecule has 1 heterocycles. The molecule has 0 saturated carbocycles. The number of hydrogen-bond donors (Lipinski definition) is 1. The third-order valence-corrected chi connectivity index (χ3v) is 2.36. The summed E-state index contributed by atoms with van der Waals surface area (Å²) >= 11 is 5.78. The molecule has 2 aromatic rings. The summed E-state index contributed by atoms with van der Waals surface area (Å²) in [6.45, 7) is 0.196. The van der Waals surface area contributed by atoms with Crippen molar-refractivity contribution in [2.24, 2.45) is 5.73 Å². The van der Waals surface area contributed by atoms with Gasteiger partial charge in [0.2, 0.25) is 0 Å². The topological polar surface area (TPSA) is 48.1 Å². The van der Waals surface area contributed by atoms with Crippen molar-refractivity contribution < 1.29 is 9.13 Å². The van der Waals surface area contributed by atoms with Gasteiger partial charge in [-0.05, 0) is 18.2 Å². The predicted molar refractivity (Wildman–Crippen MR) is 63.6 cm³/mol. The normalized spacial score (nSPS) is 10.3. The van der Waals surface area contributed by atoms with Crippen molar-refractivity contribution in [1.82, 2.24) is 4.98 Å². The number of ether oxygens (including phenoxy) is 1. The smallest absolute Gasteiger partial charge is 0.147 e. The minimum absolute atomic E-state index is 0.196. The van der Waals surface area contributed by atoms with E-state index in [9.17, 15) is 4.39 Å². The highest BCUT2D eigenvalue weighted by Crippen LogP contribution is 2.26. The van der Waals surface area contributed by atoms with Crippen LogP contribution in [-0.4, -0.2) is 4.98 Å². The van der Waals surface area contributed by atoms with E-state index < -0.39 is 0 Å². The molecule has 17 heavy (non-hydrogen) atoms. The second-order valence-corrected chi connectivity index (χ2v) is 3.83. The third-order valence-electron chi connectivity index (χ3n) is 2.15. The van der Waals surface area contributed by atoms with E-state index in [4.69, 9.17) is 22.1 Å². The molecule has 5 heteroatoms. The van der Waals surface area contributed by atoms with E-state index in [1.54, 1.807) is 6.07 Å². The molecule has 2 N–H and O–H groups in total. The number of benzene rings is 1. The Labute approximate surface area is 103 Å². The largest absolute Gasteiger partial charge is 0.455 e. The summed E-state index contributed by atoms with van der Waals surface area (Å²) < 4.78 is 18.5. The van der Waals surface area contributed by atoms with Gasteiger partial charge in [0.15, 0.2) is 0 Å². The summed E-state index contributed by atoms with van der Waals surface area (Å²) in [5.74, 6) is 0.638. The Balaban J connectivity index is 2.29. The molecule has 88 valence electrons. The number of rotatable bonds is 3. The minimum atomic E-state index is -0.345. The minimum Gasteiger partial charge on any atom is -0.455 e. The van der Waals surface area contributed by atoms with Crippen LogP contribution in [-0.2, 0) is 6.54 Å². The first-order valence-electron chi connectivity index (χ1n) is 4.96. The summed E-state index contributed by atoms with van der Waals surface area (Å²) in [6, 6.07) is 5.80. The fourth-order valence-electron chi connectivity index (χ4n) is 1.38. The summed E-state index contributed by atoms with van der Waals surface area (Å²) in [5.41, 5.74) is 6.10. The Morgan fingerprint density at radius 3 is 2.82 bits per heavy atom. The van der Waals surface area contributed by atoms with E-state index in [2.05, 4.69) is 4.98 Å². The zero-order valence-electron chi connectivity index (χ0n) is 8.86. The highest BCUT2D eigenvalue weighted by atomic mass is 35.5. The van der Waals surface area contributed by atoms with Gasteiger partial charge in [-0.25, -0.2) is 4.39 Å². The van der Waals surface area contributed by atoms with Crippen molar-refractivity contribution in [3.05, 3.63) is 53.1 Å². The second-order valence-electron chi connectivity index (χ2n) is 3.40. The van der Waals surface area contributed by atoms with Crippen LogP contribution in [0.3, 0.4) is 0 Å². The molecule has 0 fully saturated rings. The molecule has 0 unspecified atom stereocenters. The van der Waals surface area contributed by atoms with E-state index >= 15 is 0 Å². The Hall–Kier alpha value is -1.65. The van der Waals surface area contributed by atoms with Gasteiger partial charge in [0.25, 0.3) is 0 Å². The molecule has 0 aliphatic rings. The lowest BCUT2D eigenvalue weighted by molar-refractivity contribution is 0.471. The van der Waals surface area contributed by atoms with Crippen LogP contribution in [0, 0.1) is 5.82 Å². The van der Waals surface area contributed by atoms with Crippen LogP contribution in [0.4, 0.5) is 4.39 Å². The first kappa shape index (κ1) is 11.8. The van der Waals surface area contributed by atoms with Crippen molar-refractivity contribution in [2.75, 3.05) is 0 Å². The van der Waals surface area contributed by atoms with Crippen LogP contribution in [0.5, 0.6) is 11.5 Å². The first-order valence-corrected chi connectivity index (χ1v) is 5.34. The molecular formula is C12H10ClFN2O. The lowest BCUT2D eigenvalue weighted by Crippen LogP contribution is -2.00. The maximum atomic E-state index is 13.0. The fourth-order valence-corrected chi connectivity index (χ4v) is 1.55. The maximum absolute atomic E-state index is 13.0. The molecule has 1 aromatic carbocycles. The summed E-state index contributed by atoms with van der Waals surface area (Å²) in [4.78, 5) is 3.89. The van der Waals surface area contributed by atoms with E-state index in [0.717, 1.165) is 0 Å². The average Bonchev–Trinajstić information content (AvgIpc) is 2.31. The number of halogens is 2. The van der Waals surface area contributed by atoms with E-state index in [0.29, 0.717) is 22.1 Å². The Morgan fingerprint density at radius 1 is 1.29 bits per heavy atom. The number of hydrogen-bond acceptors (Lipinski definition) is 3. The zero-order chi connectivity index (χ0) is 12.3. The standard InChI is InChI=1S/C12H10ClFN2O/c13-9-4-11(7-16-6-9)17-12-2-1-10(14)3-8(12)5-15/h1-4,6-7H,5,15H2. The molecule has 0 amide bonds. The monoisotopic (exact) mass is 252 g/mol. The lowest BCUT2D eigenvalue weighted by atomic mass is 10.2. The van der Waals surface area contributed by atoms with Gasteiger partial charge >= 0.3 is 0 Å². The van der Waals surface area contributed by atoms with E-state index in [1.807, 2.05) is 0 Å². The Morgan fingerprint density at radius 2 is 2.12 bits per heavy atom. The van der Waals surface area contributed by atoms with Crippen LogP contribution in [0.15, 0.2) is 36.7 Å². The van der Waals surface area contributed by atoms with Crippen molar-refractivity contribution in [3.8, 4) is 11.5 Å². The fraction of sp³-hybridized carbons (Fsp3) is 0.0833. The van der Waals surface area contributed by atoms with Crippen LogP contribution in [0.25, 0.3) is 0 Å². The first-order chi connectivity index (χ1) is 8.19. The zero-order valence-corrected chi connectivity index (χ0v) is 9.62. The number of nitrogens with zero attached hydrogens (tertiary/aromatic N) is 1. The van der Waals surface area contributed by atoms with Gasteiger partial charge in [-0.3, -0.25) is 4.98 Å². The number of aromatic nitrogens is 1. The summed E-state index contributed by atoms with van der Waals surface area (Å²) in [6.07, 6.45) is 3.03. The second kappa shape index (κ2) is 5.12. The summed E-state index contributed by atoms with van der Waals surface area (Å²) in [5, 5.41) is 0.471. The molecule has 0 saturated heterocycles. The van der Waals surface area contributed by atoms with Gasteiger partial charge in [-0.2, -0.15) is 0 Å².